The summed E-state index contributed by atoms with van der Waals surface area (Å²) in [6.07, 6.45) is 3.10. The Morgan fingerprint density at radius 1 is 1.21 bits per heavy atom. The van der Waals surface area contributed by atoms with E-state index in [1.165, 1.54) is 0 Å². The molecular weight excluding hydrogens is 244 g/mol. The van der Waals surface area contributed by atoms with Gasteiger partial charge in [-0.3, -0.25) is 4.79 Å². The molecule has 0 heterocycles. The predicted octanol–water partition coefficient (Wildman–Crippen LogP) is 2.19. The van der Waals surface area contributed by atoms with Gasteiger partial charge in [-0.1, -0.05) is 0 Å². The van der Waals surface area contributed by atoms with Crippen molar-refractivity contribution in [1.82, 2.24) is 5.32 Å². The number of nitrogens with two attached hydrogens (primary N) is 1. The molecule has 110 valence electrons. The molecule has 3 N–H and O–H groups in total. The Labute approximate surface area is 115 Å². The van der Waals surface area contributed by atoms with Gasteiger partial charge in [-0.25, -0.2) is 4.79 Å². The number of alkyl carbamates (subject to hydrolysis) is 1. The molecule has 0 aliphatic heterocycles. The maximum absolute atomic E-state index is 11.7. The molecule has 0 radical (unpaired) electrons. The van der Waals surface area contributed by atoms with Gasteiger partial charge in [0.25, 0.3) is 0 Å². The summed E-state index contributed by atoms with van der Waals surface area (Å²) in [7, 11) is 0. The number of ether oxygens (including phenoxy) is 1. The van der Waals surface area contributed by atoms with E-state index >= 15 is 0 Å². The predicted molar refractivity (Wildman–Crippen MR) is 73.5 cm³/mol. The summed E-state index contributed by atoms with van der Waals surface area (Å²) in [5.41, 5.74) is 4.83. The van der Waals surface area contributed by atoms with Crippen LogP contribution in [0.2, 0.25) is 0 Å². The highest BCUT2D eigenvalue weighted by Gasteiger charge is 2.29. The molecule has 1 aliphatic carbocycles. The minimum Gasteiger partial charge on any atom is -0.444 e. The average molecular weight is 270 g/mol. The summed E-state index contributed by atoms with van der Waals surface area (Å²) >= 11 is 0. The third-order valence-corrected chi connectivity index (χ3v) is 3.63. The quantitative estimate of drug-likeness (QED) is 0.824. The molecular formula is C14H26N2O3. The molecule has 1 rings (SSSR count). The van der Waals surface area contributed by atoms with Crippen LogP contribution < -0.4 is 11.1 Å². The Hall–Kier alpha value is -1.26. The highest BCUT2D eigenvalue weighted by atomic mass is 16.6. The van der Waals surface area contributed by atoms with Crippen LogP contribution in [0.5, 0.6) is 0 Å². The Morgan fingerprint density at radius 3 is 2.16 bits per heavy atom. The summed E-state index contributed by atoms with van der Waals surface area (Å²) < 4.78 is 5.23. The first-order valence-corrected chi connectivity index (χ1v) is 6.98. The van der Waals surface area contributed by atoms with Crippen molar-refractivity contribution in [2.75, 3.05) is 0 Å². The molecule has 1 unspecified atom stereocenters. The number of amides is 2. The van der Waals surface area contributed by atoms with Gasteiger partial charge in [0.1, 0.15) is 5.60 Å². The molecule has 2 amide bonds. The zero-order valence-corrected chi connectivity index (χ0v) is 12.4. The van der Waals surface area contributed by atoms with Gasteiger partial charge >= 0.3 is 6.09 Å². The van der Waals surface area contributed by atoms with Gasteiger partial charge in [-0.05, 0) is 59.3 Å². The van der Waals surface area contributed by atoms with E-state index < -0.39 is 5.60 Å². The fourth-order valence-corrected chi connectivity index (χ4v) is 2.52. The lowest BCUT2D eigenvalue weighted by atomic mass is 9.78. The number of nitrogens with one attached hydrogen (secondary N) is 1. The van der Waals surface area contributed by atoms with Crippen LogP contribution in [0.4, 0.5) is 4.79 Å². The van der Waals surface area contributed by atoms with E-state index in [9.17, 15) is 9.59 Å². The summed E-state index contributed by atoms with van der Waals surface area (Å²) in [5, 5.41) is 2.87. The van der Waals surface area contributed by atoms with Crippen molar-refractivity contribution in [2.24, 2.45) is 17.6 Å². The molecule has 0 aromatic carbocycles. The van der Waals surface area contributed by atoms with Crippen LogP contribution in [-0.4, -0.2) is 23.6 Å². The lowest BCUT2D eigenvalue weighted by molar-refractivity contribution is -0.123. The van der Waals surface area contributed by atoms with E-state index in [4.69, 9.17) is 10.5 Å². The highest BCUT2D eigenvalue weighted by Crippen LogP contribution is 2.30. The number of rotatable bonds is 3. The maximum atomic E-state index is 11.7. The average Bonchev–Trinajstić information content (AvgIpc) is 2.26. The number of primary amides is 1. The van der Waals surface area contributed by atoms with Gasteiger partial charge in [0.2, 0.25) is 5.91 Å². The van der Waals surface area contributed by atoms with Gasteiger partial charge in [0.15, 0.2) is 0 Å². The molecule has 1 fully saturated rings. The SMILES string of the molecule is CC(NC(=O)OC(C)(C)C)C1CCC(C(N)=O)CC1. The Kier molecular flexibility index (Phi) is 5.20. The van der Waals surface area contributed by atoms with Crippen molar-refractivity contribution in [3.63, 3.8) is 0 Å². The summed E-state index contributed by atoms with van der Waals surface area (Å²) in [6, 6.07) is 0.0590. The van der Waals surface area contributed by atoms with Crippen LogP contribution in [0.15, 0.2) is 0 Å². The van der Waals surface area contributed by atoms with E-state index in [0.717, 1.165) is 25.7 Å². The summed E-state index contributed by atoms with van der Waals surface area (Å²) in [5.74, 6) is 0.194. The van der Waals surface area contributed by atoms with Crippen LogP contribution in [0, 0.1) is 11.8 Å². The normalized spacial score (nSPS) is 25.5. The van der Waals surface area contributed by atoms with Gasteiger partial charge in [0.05, 0.1) is 0 Å². The van der Waals surface area contributed by atoms with Crippen LogP contribution in [-0.2, 0) is 9.53 Å². The van der Waals surface area contributed by atoms with Gasteiger partial charge < -0.3 is 15.8 Å². The summed E-state index contributed by atoms with van der Waals surface area (Å²) in [6.45, 7) is 7.51. The minimum absolute atomic E-state index is 0.00461. The second-order valence-corrected chi connectivity index (χ2v) is 6.45. The molecule has 1 atom stereocenters. The molecule has 19 heavy (non-hydrogen) atoms. The molecule has 0 aromatic rings. The number of carbonyl (C=O) groups is 2. The molecule has 1 aliphatic rings. The number of hydrogen-bond acceptors (Lipinski definition) is 3. The monoisotopic (exact) mass is 270 g/mol. The first kappa shape index (κ1) is 15.8. The molecule has 0 spiro atoms. The van der Waals surface area contributed by atoms with Crippen LogP contribution in [0.1, 0.15) is 53.4 Å². The topological polar surface area (TPSA) is 81.4 Å². The highest BCUT2D eigenvalue weighted by molar-refractivity contribution is 5.76. The molecule has 5 heteroatoms. The van der Waals surface area contributed by atoms with E-state index in [-0.39, 0.29) is 24.0 Å². The van der Waals surface area contributed by atoms with Crippen molar-refractivity contribution in [1.29, 1.82) is 0 Å². The van der Waals surface area contributed by atoms with E-state index in [1.54, 1.807) is 0 Å². The van der Waals surface area contributed by atoms with Crippen LogP contribution >= 0.6 is 0 Å². The second kappa shape index (κ2) is 6.26. The molecule has 0 bridgehead atoms. The fraction of sp³-hybridized carbons (Fsp3) is 0.857. The van der Waals surface area contributed by atoms with Crippen LogP contribution in [0.3, 0.4) is 0 Å². The maximum Gasteiger partial charge on any atom is 0.407 e. The lowest BCUT2D eigenvalue weighted by Gasteiger charge is -2.32. The first-order valence-electron chi connectivity index (χ1n) is 6.98. The Balaban J connectivity index is 2.37. The first-order chi connectivity index (χ1) is 8.69. The Morgan fingerprint density at radius 2 is 1.74 bits per heavy atom. The smallest absolute Gasteiger partial charge is 0.407 e. The second-order valence-electron chi connectivity index (χ2n) is 6.45. The van der Waals surface area contributed by atoms with Crippen molar-refractivity contribution >= 4 is 12.0 Å². The van der Waals surface area contributed by atoms with Gasteiger partial charge in [-0.2, -0.15) is 0 Å². The van der Waals surface area contributed by atoms with E-state index in [0.29, 0.717) is 5.92 Å². The van der Waals surface area contributed by atoms with E-state index in [2.05, 4.69) is 5.32 Å². The fourth-order valence-electron chi connectivity index (χ4n) is 2.52. The van der Waals surface area contributed by atoms with Crippen molar-refractivity contribution in [2.45, 2.75) is 65.0 Å². The Bertz CT molecular complexity index is 328. The number of carbonyl (C=O) groups excluding carboxylic acids is 2. The largest absolute Gasteiger partial charge is 0.444 e. The van der Waals surface area contributed by atoms with Crippen LogP contribution in [0.25, 0.3) is 0 Å². The molecule has 1 saturated carbocycles. The van der Waals surface area contributed by atoms with Crippen molar-refractivity contribution in [3.05, 3.63) is 0 Å². The van der Waals surface area contributed by atoms with E-state index in [1.807, 2.05) is 27.7 Å². The molecule has 0 saturated heterocycles. The van der Waals surface area contributed by atoms with Gasteiger partial charge in [-0.15, -0.1) is 0 Å². The summed E-state index contributed by atoms with van der Waals surface area (Å²) in [4.78, 5) is 22.8. The van der Waals surface area contributed by atoms with Crippen molar-refractivity contribution < 1.29 is 14.3 Å². The van der Waals surface area contributed by atoms with Gasteiger partial charge in [0, 0.05) is 12.0 Å². The molecule has 5 nitrogen and oxygen atoms in total. The molecule has 0 aromatic heterocycles. The van der Waals surface area contributed by atoms with Crippen molar-refractivity contribution in [3.8, 4) is 0 Å². The zero-order valence-electron chi connectivity index (χ0n) is 12.4. The standard InChI is InChI=1S/C14H26N2O3/c1-9(16-13(18)19-14(2,3)4)10-5-7-11(8-6-10)12(15)17/h9-11H,5-8H2,1-4H3,(H2,15,17)(H,16,18). The third-order valence-electron chi connectivity index (χ3n) is 3.63. The lowest BCUT2D eigenvalue weighted by Crippen LogP contribution is -2.43. The zero-order chi connectivity index (χ0) is 14.6. The minimum atomic E-state index is -0.479. The third kappa shape index (κ3) is 5.49. The number of hydrogen-bond donors (Lipinski definition) is 2.